The number of para-hydroxylation sites is 2. The van der Waals surface area contributed by atoms with Gasteiger partial charge in [-0.25, -0.2) is 4.98 Å². The molecule has 52 heavy (non-hydrogen) atoms. The minimum Gasteiger partial charge on any atom is -0.506 e. The molecule has 4 aromatic rings. The van der Waals surface area contributed by atoms with Crippen LogP contribution in [0.5, 0.6) is 23.0 Å². The fourth-order valence-electron chi connectivity index (χ4n) is 8.43. The topological polar surface area (TPSA) is 169 Å². The van der Waals surface area contributed by atoms with E-state index in [1.165, 1.54) is 24.5 Å². The quantitative estimate of drug-likeness (QED) is 0.119. The molecule has 12 heteroatoms. The Morgan fingerprint density at radius 1 is 0.673 bits per heavy atom. The molecule has 2 saturated carbocycles. The second-order valence-electron chi connectivity index (χ2n) is 14.8. The molecule has 0 spiro atoms. The van der Waals surface area contributed by atoms with E-state index in [2.05, 4.69) is 19.8 Å². The van der Waals surface area contributed by atoms with Crippen LogP contribution in [-0.4, -0.2) is 102 Å². The number of likely N-dealkylation sites (tertiary alicyclic amines) is 2. The van der Waals surface area contributed by atoms with Crippen molar-refractivity contribution in [2.75, 3.05) is 39.3 Å². The van der Waals surface area contributed by atoms with Crippen LogP contribution >= 0.6 is 0 Å². The number of benzene rings is 2. The van der Waals surface area contributed by atoms with E-state index in [9.17, 15) is 30.3 Å². The number of aliphatic hydroxyl groups excluding tert-OH is 1. The minimum atomic E-state index is -1.12. The van der Waals surface area contributed by atoms with Crippen molar-refractivity contribution in [1.82, 2.24) is 19.8 Å². The lowest BCUT2D eigenvalue weighted by Crippen LogP contribution is -2.36. The molecule has 5 N–H and O–H groups in total. The normalized spacial score (nSPS) is 28.8. The van der Waals surface area contributed by atoms with Crippen LogP contribution in [-0.2, 0) is 0 Å². The van der Waals surface area contributed by atoms with Crippen LogP contribution in [0.3, 0.4) is 0 Å². The van der Waals surface area contributed by atoms with Crippen molar-refractivity contribution < 1.29 is 39.8 Å². The van der Waals surface area contributed by atoms with Crippen molar-refractivity contribution >= 4 is 5.78 Å². The molecule has 2 aliphatic heterocycles. The third kappa shape index (κ3) is 8.71. The predicted octanol–water partition coefficient (Wildman–Crippen LogP) is 4.01. The molecular formula is C40H46N4O8. The second-order valence-corrected chi connectivity index (χ2v) is 14.8. The van der Waals surface area contributed by atoms with Crippen LogP contribution in [0.1, 0.15) is 48.0 Å². The Kier molecular flexibility index (Phi) is 10.4. The highest BCUT2D eigenvalue weighted by atomic mass is 16.6. The zero-order valence-electron chi connectivity index (χ0n) is 28.9. The number of β-amino-alcohol motifs (C(OH)–C–C–N with tert-alkyl or cyclic N) is 1. The number of rotatable bonds is 10. The summed E-state index contributed by atoms with van der Waals surface area (Å²) in [6.07, 6.45) is 4.32. The molecule has 2 aromatic carbocycles. The number of nitrogens with zero attached hydrogens (tertiary/aromatic N) is 4. The first-order valence-electron chi connectivity index (χ1n) is 17.9. The van der Waals surface area contributed by atoms with E-state index in [1.807, 2.05) is 60.7 Å². The number of aliphatic hydroxyl groups is 3. The number of carbonyl (C=O) groups is 1. The fourth-order valence-corrected chi connectivity index (χ4v) is 8.43. The Hall–Kier alpha value is -4.59. The van der Waals surface area contributed by atoms with Crippen LogP contribution in [0.4, 0.5) is 0 Å². The average molecular weight is 711 g/mol. The molecule has 0 amide bonds. The summed E-state index contributed by atoms with van der Waals surface area (Å²) in [5.74, 6) is 0.623. The number of fused-ring (bicyclic) bond motifs is 2. The van der Waals surface area contributed by atoms with Gasteiger partial charge in [-0.15, -0.1) is 0 Å². The first kappa shape index (κ1) is 35.8. The highest BCUT2D eigenvalue weighted by Gasteiger charge is 2.51. The summed E-state index contributed by atoms with van der Waals surface area (Å²) >= 11 is 0. The van der Waals surface area contributed by atoms with Crippen LogP contribution in [0, 0.1) is 23.7 Å². The van der Waals surface area contributed by atoms with E-state index in [0.29, 0.717) is 85.3 Å². The van der Waals surface area contributed by atoms with Gasteiger partial charge < -0.3 is 35.0 Å². The highest BCUT2D eigenvalue weighted by molar-refractivity contribution is 5.95. The molecule has 2 saturated heterocycles. The summed E-state index contributed by atoms with van der Waals surface area (Å²) in [6, 6.07) is 25.0. The number of ketones is 1. The van der Waals surface area contributed by atoms with Crippen LogP contribution in [0.2, 0.25) is 0 Å². The zero-order valence-corrected chi connectivity index (χ0v) is 28.9. The summed E-state index contributed by atoms with van der Waals surface area (Å²) in [5, 5.41) is 50.5. The SMILES string of the molecule is O=C(CN1C[C@@H]2CC(O)(Oc3ccccc3)C[C@@H]2C1)c1ccc(O)cn1.Oc1ccc([C@H](O)CN2C[C@@H]3CC(O)(Oc4ccccc4)C[C@@H]3C2)nc1. The highest BCUT2D eigenvalue weighted by Crippen LogP contribution is 2.46. The van der Waals surface area contributed by atoms with Gasteiger partial charge >= 0.3 is 0 Å². The van der Waals surface area contributed by atoms with Gasteiger partial charge in [0.05, 0.1) is 24.6 Å². The number of aromatic hydroxyl groups is 2. The van der Waals surface area contributed by atoms with Gasteiger partial charge in [0.2, 0.25) is 11.6 Å². The number of hydrogen-bond donors (Lipinski definition) is 5. The lowest BCUT2D eigenvalue weighted by molar-refractivity contribution is -0.137. The second kappa shape index (κ2) is 15.2. The molecule has 7 atom stereocenters. The first-order valence-corrected chi connectivity index (χ1v) is 17.9. The molecule has 2 unspecified atom stereocenters. The van der Waals surface area contributed by atoms with Gasteiger partial charge in [0.1, 0.15) is 34.8 Å². The van der Waals surface area contributed by atoms with Gasteiger partial charge in [-0.1, -0.05) is 36.4 Å². The standard InChI is InChI=1S/C20H24N2O4.C20H22N2O4/c2*23-16-6-7-18(21-10-16)19(24)13-22-11-14-8-20(25,9-15(14)12-22)26-17-4-2-1-3-5-17/h1-7,10,14-15,19,23-25H,8-9,11-13H2;1-7,10,14-15,23,25H,8-9,11-13H2/t14-,15+,19-,20?;14-,15+,20?/m1./s1. The molecular weight excluding hydrogens is 664 g/mol. The number of aromatic nitrogens is 2. The van der Waals surface area contributed by atoms with Crippen molar-refractivity contribution in [2.24, 2.45) is 23.7 Å². The lowest BCUT2D eigenvalue weighted by atomic mass is 10.0. The number of carbonyl (C=O) groups excluding carboxylic acids is 1. The van der Waals surface area contributed by atoms with Crippen molar-refractivity contribution in [3.05, 3.63) is 109 Å². The van der Waals surface area contributed by atoms with Crippen molar-refractivity contribution in [1.29, 1.82) is 0 Å². The van der Waals surface area contributed by atoms with E-state index < -0.39 is 17.7 Å². The maximum absolute atomic E-state index is 12.3. The molecule has 2 aliphatic carbocycles. The minimum absolute atomic E-state index is 0.0509. The maximum atomic E-state index is 12.3. The molecule has 8 rings (SSSR count). The molecule has 2 aromatic heterocycles. The molecule has 0 bridgehead atoms. The van der Waals surface area contributed by atoms with Gasteiger partial charge in [-0.2, -0.15) is 0 Å². The van der Waals surface area contributed by atoms with E-state index in [1.54, 1.807) is 12.1 Å². The molecule has 12 nitrogen and oxygen atoms in total. The van der Waals surface area contributed by atoms with Crippen molar-refractivity contribution in [3.63, 3.8) is 0 Å². The number of pyridine rings is 2. The van der Waals surface area contributed by atoms with E-state index in [0.717, 1.165) is 26.2 Å². The third-order valence-corrected chi connectivity index (χ3v) is 10.7. The van der Waals surface area contributed by atoms with Crippen LogP contribution < -0.4 is 9.47 Å². The van der Waals surface area contributed by atoms with Crippen molar-refractivity contribution in [2.45, 2.75) is 43.4 Å². The van der Waals surface area contributed by atoms with Gasteiger partial charge in [-0.05, 0) is 72.2 Å². The molecule has 4 heterocycles. The maximum Gasteiger partial charge on any atom is 0.208 e. The largest absolute Gasteiger partial charge is 0.506 e. The summed E-state index contributed by atoms with van der Waals surface area (Å²) < 4.78 is 11.7. The predicted molar refractivity (Wildman–Crippen MR) is 190 cm³/mol. The third-order valence-electron chi connectivity index (χ3n) is 10.7. The van der Waals surface area contributed by atoms with Crippen molar-refractivity contribution in [3.8, 4) is 23.0 Å². The Bertz CT molecular complexity index is 1750. The smallest absolute Gasteiger partial charge is 0.208 e. The molecule has 4 aliphatic rings. The van der Waals surface area contributed by atoms with E-state index in [-0.39, 0.29) is 17.3 Å². The van der Waals surface area contributed by atoms with E-state index >= 15 is 0 Å². The molecule has 0 radical (unpaired) electrons. The monoisotopic (exact) mass is 710 g/mol. The fraction of sp³-hybridized carbons (Fsp3) is 0.425. The molecule has 274 valence electrons. The Labute approximate surface area is 302 Å². The Balaban J connectivity index is 0.000000162. The Morgan fingerprint density at radius 2 is 1.13 bits per heavy atom. The summed E-state index contributed by atoms with van der Waals surface area (Å²) in [6.45, 7) is 4.02. The first-order chi connectivity index (χ1) is 25.0. The van der Waals surface area contributed by atoms with E-state index in [4.69, 9.17) is 9.47 Å². The zero-order chi connectivity index (χ0) is 36.3. The number of Topliss-reactive ketones (excluding diaryl/α,β-unsaturated/α-hetero) is 1. The van der Waals surface area contributed by atoms with Crippen LogP contribution in [0.15, 0.2) is 97.3 Å². The molecule has 4 fully saturated rings. The summed E-state index contributed by atoms with van der Waals surface area (Å²) in [7, 11) is 0. The van der Waals surface area contributed by atoms with Gasteiger partial charge in [-0.3, -0.25) is 19.6 Å². The Morgan fingerprint density at radius 3 is 1.58 bits per heavy atom. The number of ether oxygens (including phenoxy) is 2. The number of hydrogen-bond acceptors (Lipinski definition) is 12. The van der Waals surface area contributed by atoms with Crippen LogP contribution in [0.25, 0.3) is 0 Å². The lowest BCUT2D eigenvalue weighted by Gasteiger charge is -2.27. The van der Waals surface area contributed by atoms with Gasteiger partial charge in [0.15, 0.2) is 5.78 Å². The summed E-state index contributed by atoms with van der Waals surface area (Å²) in [4.78, 5) is 24.7. The van der Waals surface area contributed by atoms with Gasteiger partial charge in [0.25, 0.3) is 0 Å². The summed E-state index contributed by atoms with van der Waals surface area (Å²) in [5.41, 5.74) is 0.924. The van der Waals surface area contributed by atoms with Gasteiger partial charge in [0, 0.05) is 58.4 Å². The average Bonchev–Trinajstić information content (AvgIpc) is 3.83.